The van der Waals surface area contributed by atoms with E-state index in [1.807, 2.05) is 25.6 Å². The van der Waals surface area contributed by atoms with Crippen LogP contribution < -0.4 is 0 Å². The third kappa shape index (κ3) is 1.23. The predicted molar refractivity (Wildman–Crippen MR) is 44.7 cm³/mol. The topological polar surface area (TPSA) is 46.5 Å². The fourth-order valence-corrected chi connectivity index (χ4v) is 1.11. The van der Waals surface area contributed by atoms with Crippen molar-refractivity contribution in [1.82, 2.24) is 19.5 Å². The van der Waals surface area contributed by atoms with Gasteiger partial charge in [-0.3, -0.25) is 0 Å². The van der Waals surface area contributed by atoms with Crippen LogP contribution >= 0.6 is 0 Å². The van der Waals surface area contributed by atoms with Crippen LogP contribution in [-0.4, -0.2) is 19.5 Å². The Kier molecular flexibility index (Phi) is 1.66. The molecular weight excluding hydrogens is 152 g/mol. The molecule has 4 nitrogen and oxygen atoms in total. The van der Waals surface area contributed by atoms with Crippen LogP contribution in [0.4, 0.5) is 0 Å². The molecule has 2 aromatic heterocycles. The van der Waals surface area contributed by atoms with E-state index in [0.29, 0.717) is 0 Å². The third-order valence-corrected chi connectivity index (χ3v) is 1.82. The number of hydrogen-bond acceptors (Lipinski definition) is 2. The quantitative estimate of drug-likeness (QED) is 0.715. The fraction of sp³-hybridized carbons (Fsp3) is 0.250. The molecule has 0 aliphatic heterocycles. The van der Waals surface area contributed by atoms with E-state index in [-0.39, 0.29) is 0 Å². The molecule has 0 aromatic carbocycles. The van der Waals surface area contributed by atoms with Crippen LogP contribution in [0.3, 0.4) is 0 Å². The van der Waals surface area contributed by atoms with Crippen LogP contribution in [0.2, 0.25) is 0 Å². The molecule has 2 rings (SSSR count). The number of nitrogens with zero attached hydrogens (tertiary/aromatic N) is 3. The van der Waals surface area contributed by atoms with Gasteiger partial charge in [0, 0.05) is 18.1 Å². The van der Waals surface area contributed by atoms with Gasteiger partial charge in [-0.15, -0.1) is 0 Å². The molecule has 2 aromatic rings. The highest BCUT2D eigenvalue weighted by Crippen LogP contribution is 2.00. The number of H-pyrrole nitrogens is 1. The van der Waals surface area contributed by atoms with E-state index in [0.717, 1.165) is 17.9 Å². The molecule has 0 radical (unpaired) electrons. The molecule has 0 unspecified atom stereocenters. The standard InChI is InChI=1S/C8H10N4/c1-7-2-10-6-12(7)4-8-3-9-5-11-8/h2-3,5-6H,4H2,1H3,(H,9,11). The van der Waals surface area contributed by atoms with Gasteiger partial charge in [-0.05, 0) is 6.92 Å². The molecule has 0 amide bonds. The van der Waals surface area contributed by atoms with Crippen molar-refractivity contribution < 1.29 is 0 Å². The van der Waals surface area contributed by atoms with E-state index in [1.165, 1.54) is 0 Å². The molecule has 62 valence electrons. The van der Waals surface area contributed by atoms with Crippen molar-refractivity contribution in [2.45, 2.75) is 13.5 Å². The van der Waals surface area contributed by atoms with Crippen LogP contribution in [0.5, 0.6) is 0 Å². The second kappa shape index (κ2) is 2.81. The van der Waals surface area contributed by atoms with Crippen molar-refractivity contribution in [3.05, 3.63) is 36.4 Å². The molecule has 0 fully saturated rings. The van der Waals surface area contributed by atoms with E-state index >= 15 is 0 Å². The molecule has 0 spiro atoms. The first-order chi connectivity index (χ1) is 5.86. The summed E-state index contributed by atoms with van der Waals surface area (Å²) in [4.78, 5) is 11.0. The lowest BCUT2D eigenvalue weighted by molar-refractivity contribution is 0.753. The number of aryl methyl sites for hydroxylation is 1. The first kappa shape index (κ1) is 7.09. The van der Waals surface area contributed by atoms with Crippen molar-refractivity contribution in [2.75, 3.05) is 0 Å². The maximum Gasteiger partial charge on any atom is 0.0951 e. The lowest BCUT2D eigenvalue weighted by Gasteiger charge is -2.00. The van der Waals surface area contributed by atoms with Gasteiger partial charge in [0.2, 0.25) is 0 Å². The average Bonchev–Trinajstić information content (AvgIpc) is 2.65. The Morgan fingerprint density at radius 1 is 1.42 bits per heavy atom. The molecule has 2 heterocycles. The van der Waals surface area contributed by atoms with Crippen molar-refractivity contribution >= 4 is 0 Å². The number of imidazole rings is 2. The molecule has 0 saturated carbocycles. The van der Waals surface area contributed by atoms with Gasteiger partial charge in [0.15, 0.2) is 0 Å². The first-order valence-corrected chi connectivity index (χ1v) is 3.80. The highest BCUT2D eigenvalue weighted by Gasteiger charge is 1.97. The predicted octanol–water partition coefficient (Wildman–Crippen LogP) is 0.963. The van der Waals surface area contributed by atoms with Crippen molar-refractivity contribution in [1.29, 1.82) is 0 Å². The van der Waals surface area contributed by atoms with Gasteiger partial charge in [-0.25, -0.2) is 9.97 Å². The molecule has 0 bridgehead atoms. The lowest BCUT2D eigenvalue weighted by atomic mass is 10.4. The zero-order valence-electron chi connectivity index (χ0n) is 6.86. The zero-order valence-corrected chi connectivity index (χ0v) is 6.86. The Balaban J connectivity index is 2.20. The number of nitrogens with one attached hydrogen (secondary N) is 1. The van der Waals surface area contributed by atoms with E-state index in [9.17, 15) is 0 Å². The summed E-state index contributed by atoms with van der Waals surface area (Å²) in [6.45, 7) is 2.84. The maximum absolute atomic E-state index is 4.03. The van der Waals surface area contributed by atoms with Gasteiger partial charge in [-0.2, -0.15) is 0 Å². The van der Waals surface area contributed by atoms with Crippen LogP contribution in [0.1, 0.15) is 11.4 Å². The highest BCUT2D eigenvalue weighted by atomic mass is 15.1. The molecule has 0 aliphatic carbocycles. The number of hydrogen-bond donors (Lipinski definition) is 1. The molecule has 0 atom stereocenters. The second-order valence-electron chi connectivity index (χ2n) is 2.74. The third-order valence-electron chi connectivity index (χ3n) is 1.82. The second-order valence-corrected chi connectivity index (χ2v) is 2.74. The molecule has 4 heteroatoms. The Morgan fingerprint density at radius 3 is 2.92 bits per heavy atom. The van der Waals surface area contributed by atoms with Crippen molar-refractivity contribution in [3.63, 3.8) is 0 Å². The molecule has 0 aliphatic rings. The normalized spacial score (nSPS) is 10.4. The minimum atomic E-state index is 0.811. The van der Waals surface area contributed by atoms with Crippen molar-refractivity contribution in [3.8, 4) is 0 Å². The van der Waals surface area contributed by atoms with Gasteiger partial charge >= 0.3 is 0 Å². The van der Waals surface area contributed by atoms with Crippen LogP contribution in [-0.2, 0) is 6.54 Å². The van der Waals surface area contributed by atoms with E-state index in [1.54, 1.807) is 6.33 Å². The summed E-state index contributed by atoms with van der Waals surface area (Å²) in [5.74, 6) is 0. The minimum Gasteiger partial charge on any atom is -0.347 e. The molecule has 1 N–H and O–H groups in total. The monoisotopic (exact) mass is 162 g/mol. The van der Waals surface area contributed by atoms with Crippen molar-refractivity contribution in [2.24, 2.45) is 0 Å². The Labute approximate surface area is 70.3 Å². The van der Waals surface area contributed by atoms with Gasteiger partial charge < -0.3 is 9.55 Å². The number of rotatable bonds is 2. The first-order valence-electron chi connectivity index (χ1n) is 3.80. The van der Waals surface area contributed by atoms with Crippen LogP contribution in [0, 0.1) is 6.92 Å². The minimum absolute atomic E-state index is 0.811. The Morgan fingerprint density at radius 2 is 2.33 bits per heavy atom. The van der Waals surface area contributed by atoms with Gasteiger partial charge in [0.05, 0.1) is 24.9 Å². The highest BCUT2D eigenvalue weighted by molar-refractivity contribution is 5.01. The molecular formula is C8H10N4. The molecule has 0 saturated heterocycles. The van der Waals surface area contributed by atoms with Gasteiger partial charge in [0.1, 0.15) is 0 Å². The summed E-state index contributed by atoms with van der Waals surface area (Å²) in [5.41, 5.74) is 2.25. The number of aromatic amines is 1. The zero-order chi connectivity index (χ0) is 8.39. The van der Waals surface area contributed by atoms with E-state index < -0.39 is 0 Å². The smallest absolute Gasteiger partial charge is 0.0951 e. The summed E-state index contributed by atoms with van der Waals surface area (Å²) in [7, 11) is 0. The lowest BCUT2D eigenvalue weighted by Crippen LogP contribution is -1.99. The summed E-state index contributed by atoms with van der Waals surface area (Å²) < 4.78 is 2.06. The van der Waals surface area contributed by atoms with Crippen LogP contribution in [0.25, 0.3) is 0 Å². The largest absolute Gasteiger partial charge is 0.347 e. The maximum atomic E-state index is 4.03. The average molecular weight is 162 g/mol. The van der Waals surface area contributed by atoms with E-state index in [4.69, 9.17) is 0 Å². The summed E-state index contributed by atoms with van der Waals surface area (Å²) in [6.07, 6.45) is 7.16. The van der Waals surface area contributed by atoms with Gasteiger partial charge in [0.25, 0.3) is 0 Å². The fourth-order valence-electron chi connectivity index (χ4n) is 1.11. The summed E-state index contributed by atoms with van der Waals surface area (Å²) in [5, 5.41) is 0. The summed E-state index contributed by atoms with van der Waals surface area (Å²) in [6, 6.07) is 0. The van der Waals surface area contributed by atoms with E-state index in [2.05, 4.69) is 19.5 Å². The Hall–Kier alpha value is -1.58. The SMILES string of the molecule is Cc1cncn1Cc1cnc[nH]1. The summed E-state index contributed by atoms with van der Waals surface area (Å²) >= 11 is 0. The van der Waals surface area contributed by atoms with Crippen LogP contribution in [0.15, 0.2) is 25.0 Å². The Bertz CT molecular complexity index is 347. The van der Waals surface area contributed by atoms with Gasteiger partial charge in [-0.1, -0.05) is 0 Å². The number of aromatic nitrogens is 4. The molecule has 12 heavy (non-hydrogen) atoms.